The number of halogens is 1. The Bertz CT molecular complexity index is 834. The molecular formula is C24H31FN2O4. The van der Waals surface area contributed by atoms with Crippen LogP contribution in [0, 0.1) is 11.2 Å². The van der Waals surface area contributed by atoms with Crippen LogP contribution in [0.5, 0.6) is 0 Å². The first-order valence-electron chi connectivity index (χ1n) is 11.4. The molecular weight excluding hydrogens is 399 g/mol. The lowest BCUT2D eigenvalue weighted by Crippen LogP contribution is -2.61. The van der Waals surface area contributed by atoms with Crippen molar-refractivity contribution in [1.82, 2.24) is 9.80 Å². The monoisotopic (exact) mass is 430 g/mol. The van der Waals surface area contributed by atoms with E-state index >= 15 is 0 Å². The van der Waals surface area contributed by atoms with E-state index in [1.165, 1.54) is 19.2 Å². The Morgan fingerprint density at radius 1 is 1.10 bits per heavy atom. The molecule has 0 aliphatic carbocycles. The van der Waals surface area contributed by atoms with E-state index in [9.17, 15) is 18.8 Å². The maximum absolute atomic E-state index is 13.4. The summed E-state index contributed by atoms with van der Waals surface area (Å²) in [6, 6.07) is 5.95. The zero-order valence-corrected chi connectivity index (χ0v) is 18.1. The lowest BCUT2D eigenvalue weighted by molar-refractivity contribution is -0.171. The van der Waals surface area contributed by atoms with Gasteiger partial charge in [-0.2, -0.15) is 0 Å². The van der Waals surface area contributed by atoms with Crippen LogP contribution in [0.1, 0.15) is 56.9 Å². The SMILES string of the molecule is COC(=O)[C@]1(CC(=O)N2CCCCCC2)C(=O)C[C@H]2CC[C@H]1N2Cc1ccc(F)cc1. The van der Waals surface area contributed by atoms with Gasteiger partial charge in [-0.1, -0.05) is 25.0 Å². The lowest BCUT2D eigenvalue weighted by Gasteiger charge is -2.45. The number of amides is 1. The van der Waals surface area contributed by atoms with Crippen molar-refractivity contribution in [3.63, 3.8) is 0 Å². The van der Waals surface area contributed by atoms with Crippen LogP contribution >= 0.6 is 0 Å². The predicted octanol–water partition coefficient (Wildman–Crippen LogP) is 3.08. The van der Waals surface area contributed by atoms with Gasteiger partial charge in [0.25, 0.3) is 0 Å². The summed E-state index contributed by atoms with van der Waals surface area (Å²) in [5, 5.41) is 0. The van der Waals surface area contributed by atoms with Crippen LogP contribution in [0.25, 0.3) is 0 Å². The minimum absolute atomic E-state index is 0.0358. The highest BCUT2D eigenvalue weighted by Gasteiger charge is 2.62. The first kappa shape index (κ1) is 21.9. The first-order valence-corrected chi connectivity index (χ1v) is 11.4. The lowest BCUT2D eigenvalue weighted by atomic mass is 9.69. The predicted molar refractivity (Wildman–Crippen MR) is 112 cm³/mol. The van der Waals surface area contributed by atoms with Gasteiger partial charge in [0.1, 0.15) is 5.82 Å². The fourth-order valence-corrected chi connectivity index (χ4v) is 5.70. The summed E-state index contributed by atoms with van der Waals surface area (Å²) in [7, 11) is 1.29. The molecule has 0 N–H and O–H groups in total. The number of likely N-dealkylation sites (tertiary alicyclic amines) is 1. The maximum Gasteiger partial charge on any atom is 0.321 e. The zero-order valence-electron chi connectivity index (χ0n) is 18.1. The largest absolute Gasteiger partial charge is 0.468 e. The summed E-state index contributed by atoms with van der Waals surface area (Å²) in [6.45, 7) is 1.87. The van der Waals surface area contributed by atoms with E-state index in [0.717, 1.165) is 37.7 Å². The fraction of sp³-hybridized carbons (Fsp3) is 0.625. The molecule has 6 nitrogen and oxygen atoms in total. The molecule has 0 saturated carbocycles. The van der Waals surface area contributed by atoms with Gasteiger partial charge in [0.2, 0.25) is 5.91 Å². The van der Waals surface area contributed by atoms with Crippen LogP contribution in [-0.2, 0) is 25.7 Å². The third-order valence-electron chi connectivity index (χ3n) is 7.35. The molecule has 3 saturated heterocycles. The van der Waals surface area contributed by atoms with Crippen LogP contribution in [-0.4, -0.2) is 59.7 Å². The van der Waals surface area contributed by atoms with Crippen molar-refractivity contribution in [3.8, 4) is 0 Å². The zero-order chi connectivity index (χ0) is 22.0. The van der Waals surface area contributed by atoms with Gasteiger partial charge in [-0.15, -0.1) is 0 Å². The molecule has 0 spiro atoms. The van der Waals surface area contributed by atoms with Crippen molar-refractivity contribution in [2.24, 2.45) is 5.41 Å². The van der Waals surface area contributed by atoms with Crippen molar-refractivity contribution in [2.45, 2.75) is 70.0 Å². The third kappa shape index (κ3) is 4.12. The molecule has 1 aromatic rings. The molecule has 3 heterocycles. The molecule has 0 unspecified atom stereocenters. The van der Waals surface area contributed by atoms with Crippen molar-refractivity contribution >= 4 is 17.7 Å². The number of esters is 1. The van der Waals surface area contributed by atoms with Gasteiger partial charge in [-0.25, -0.2) is 4.39 Å². The minimum atomic E-state index is -1.47. The maximum atomic E-state index is 13.4. The summed E-state index contributed by atoms with van der Waals surface area (Å²) >= 11 is 0. The number of hydrogen-bond donors (Lipinski definition) is 0. The van der Waals surface area contributed by atoms with Crippen molar-refractivity contribution in [3.05, 3.63) is 35.6 Å². The van der Waals surface area contributed by atoms with E-state index in [0.29, 0.717) is 26.1 Å². The van der Waals surface area contributed by atoms with Crippen LogP contribution in [0.2, 0.25) is 0 Å². The molecule has 0 radical (unpaired) electrons. The number of methoxy groups -OCH3 is 1. The molecule has 1 aromatic carbocycles. The summed E-state index contributed by atoms with van der Waals surface area (Å²) in [4.78, 5) is 43.7. The van der Waals surface area contributed by atoms with Crippen LogP contribution in [0.3, 0.4) is 0 Å². The average Bonchev–Trinajstić information content (AvgIpc) is 2.94. The Morgan fingerprint density at radius 2 is 1.77 bits per heavy atom. The van der Waals surface area contributed by atoms with E-state index in [-0.39, 0.29) is 42.4 Å². The van der Waals surface area contributed by atoms with E-state index in [2.05, 4.69) is 4.90 Å². The van der Waals surface area contributed by atoms with Crippen molar-refractivity contribution in [2.75, 3.05) is 20.2 Å². The number of ether oxygens (including phenoxy) is 1. The quantitative estimate of drug-likeness (QED) is 0.531. The summed E-state index contributed by atoms with van der Waals surface area (Å²) in [5.41, 5.74) is -0.546. The van der Waals surface area contributed by atoms with Gasteiger partial charge in [-0.05, 0) is 43.4 Å². The standard InChI is InChI=1S/C24H31FN2O4/c1-31-23(30)24(15-22(29)26-12-4-2-3-5-13-26)20-11-10-19(14-21(24)28)27(20)16-17-6-8-18(25)9-7-17/h6-9,19-20H,2-5,10-16H2,1H3/t19-,20-,24+/m1/s1. The number of nitrogens with zero attached hydrogens (tertiary/aromatic N) is 2. The van der Waals surface area contributed by atoms with Gasteiger partial charge in [0.15, 0.2) is 11.2 Å². The van der Waals surface area contributed by atoms with Gasteiger partial charge in [0, 0.05) is 38.1 Å². The number of Topliss-reactive ketones (excluding diaryl/α,β-unsaturated/α-hetero) is 1. The highest BCUT2D eigenvalue weighted by molar-refractivity contribution is 6.08. The normalized spacial score (nSPS) is 29.0. The number of piperidine rings is 1. The molecule has 3 aliphatic heterocycles. The van der Waals surface area contributed by atoms with Gasteiger partial charge in [0.05, 0.1) is 13.5 Å². The Labute approximate surface area is 182 Å². The second-order valence-electron chi connectivity index (χ2n) is 9.11. The smallest absolute Gasteiger partial charge is 0.321 e. The van der Waals surface area contributed by atoms with E-state index in [1.807, 2.05) is 4.90 Å². The highest BCUT2D eigenvalue weighted by atomic mass is 19.1. The van der Waals surface area contributed by atoms with Gasteiger partial charge in [-0.3, -0.25) is 19.3 Å². The molecule has 4 rings (SSSR count). The highest BCUT2D eigenvalue weighted by Crippen LogP contribution is 2.48. The second-order valence-corrected chi connectivity index (χ2v) is 9.11. The Morgan fingerprint density at radius 3 is 2.42 bits per heavy atom. The van der Waals surface area contributed by atoms with Crippen LogP contribution < -0.4 is 0 Å². The summed E-state index contributed by atoms with van der Waals surface area (Å²) in [6.07, 6.45) is 5.67. The van der Waals surface area contributed by atoms with Crippen LogP contribution in [0.15, 0.2) is 24.3 Å². The Kier molecular flexibility index (Phi) is 6.42. The number of benzene rings is 1. The second kappa shape index (κ2) is 9.07. The summed E-state index contributed by atoms with van der Waals surface area (Å²) < 4.78 is 18.5. The number of ketones is 1. The van der Waals surface area contributed by atoms with E-state index < -0.39 is 11.4 Å². The Hall–Kier alpha value is -2.28. The fourth-order valence-electron chi connectivity index (χ4n) is 5.70. The molecule has 3 aliphatic rings. The third-order valence-corrected chi connectivity index (χ3v) is 7.35. The molecule has 168 valence electrons. The first-order chi connectivity index (χ1) is 15.0. The molecule has 3 fully saturated rings. The molecule has 31 heavy (non-hydrogen) atoms. The minimum Gasteiger partial charge on any atom is -0.468 e. The number of rotatable bonds is 5. The molecule has 7 heteroatoms. The van der Waals surface area contributed by atoms with Crippen molar-refractivity contribution in [1.29, 1.82) is 0 Å². The molecule has 2 bridgehead atoms. The summed E-state index contributed by atoms with van der Waals surface area (Å²) in [5.74, 6) is -1.21. The van der Waals surface area contributed by atoms with Crippen molar-refractivity contribution < 1.29 is 23.5 Å². The number of fused-ring (bicyclic) bond motifs is 2. The van der Waals surface area contributed by atoms with E-state index in [1.54, 1.807) is 12.1 Å². The van der Waals surface area contributed by atoms with E-state index in [4.69, 9.17) is 4.74 Å². The topological polar surface area (TPSA) is 66.9 Å². The number of carbonyl (C=O) groups is 3. The average molecular weight is 431 g/mol. The molecule has 3 atom stereocenters. The van der Waals surface area contributed by atoms with Crippen LogP contribution in [0.4, 0.5) is 4.39 Å². The number of carbonyl (C=O) groups excluding carboxylic acids is 3. The molecule has 1 amide bonds. The van der Waals surface area contributed by atoms with Gasteiger partial charge < -0.3 is 9.64 Å². The molecule has 0 aromatic heterocycles. The van der Waals surface area contributed by atoms with Gasteiger partial charge >= 0.3 is 5.97 Å². The number of hydrogen-bond acceptors (Lipinski definition) is 5. The Balaban J connectivity index is 1.63.